The largest absolute Gasteiger partial charge is 0.383 e. The van der Waals surface area contributed by atoms with Crippen LogP contribution in [0.15, 0.2) is 70.0 Å². The summed E-state index contributed by atoms with van der Waals surface area (Å²) >= 11 is 1.26. The molecule has 0 aliphatic rings. The Morgan fingerprint density at radius 2 is 2.18 bits per heavy atom. The Bertz CT molecular complexity index is 982. The number of allylic oxidation sites excluding steroid dienone is 4. The van der Waals surface area contributed by atoms with E-state index in [1.807, 2.05) is 0 Å². The minimum absolute atomic E-state index is 0.0832. The predicted molar refractivity (Wildman–Crippen MR) is 112 cm³/mol. The van der Waals surface area contributed by atoms with Crippen molar-refractivity contribution in [2.45, 2.75) is 11.1 Å². The van der Waals surface area contributed by atoms with Crippen LogP contribution in [0.3, 0.4) is 0 Å². The number of nitrogen functional groups attached to an aromatic ring is 1. The molecular weight excluding hydrogens is 401 g/mol. The summed E-state index contributed by atoms with van der Waals surface area (Å²) < 4.78 is 24.7. The molecule has 2 rings (SSSR count). The highest BCUT2D eigenvalue weighted by Crippen LogP contribution is 2.30. The molecule has 148 valence electrons. The normalized spacial score (nSPS) is 14.1. The van der Waals surface area contributed by atoms with E-state index in [1.165, 1.54) is 11.3 Å². The van der Waals surface area contributed by atoms with Crippen LogP contribution in [-0.2, 0) is 11.0 Å². The summed E-state index contributed by atoms with van der Waals surface area (Å²) in [6.45, 7) is 1.81. The van der Waals surface area contributed by atoms with Crippen molar-refractivity contribution in [1.82, 2.24) is 9.99 Å². The summed E-state index contributed by atoms with van der Waals surface area (Å²) in [6.07, 6.45) is 8.08. The molecule has 0 radical (unpaired) electrons. The number of hydrogen-bond acceptors (Lipinski definition) is 7. The molecule has 28 heavy (non-hydrogen) atoms. The van der Waals surface area contributed by atoms with Crippen molar-refractivity contribution < 1.29 is 8.60 Å². The Morgan fingerprint density at radius 1 is 1.43 bits per heavy atom. The van der Waals surface area contributed by atoms with Gasteiger partial charge in [0.2, 0.25) is 0 Å². The third-order valence-corrected chi connectivity index (χ3v) is 5.75. The molecule has 0 bridgehead atoms. The number of anilines is 1. The van der Waals surface area contributed by atoms with Gasteiger partial charge in [0, 0.05) is 16.6 Å². The first-order valence-electron chi connectivity index (χ1n) is 7.87. The fourth-order valence-corrected chi connectivity index (χ4v) is 3.75. The van der Waals surface area contributed by atoms with E-state index in [0.29, 0.717) is 21.7 Å². The molecule has 0 spiro atoms. The molecule has 0 amide bonds. The number of amidine groups is 1. The van der Waals surface area contributed by atoms with Gasteiger partial charge in [-0.25, -0.2) is 24.6 Å². The Kier molecular flexibility index (Phi) is 7.58. The van der Waals surface area contributed by atoms with Gasteiger partial charge in [-0.1, -0.05) is 12.2 Å². The van der Waals surface area contributed by atoms with Gasteiger partial charge in [0.05, 0.1) is 17.6 Å². The summed E-state index contributed by atoms with van der Waals surface area (Å²) in [4.78, 5) is 4.94. The molecule has 8 N–H and O–H groups in total. The van der Waals surface area contributed by atoms with Crippen LogP contribution < -0.4 is 22.6 Å². The lowest BCUT2D eigenvalue weighted by Gasteiger charge is -2.21. The van der Waals surface area contributed by atoms with Crippen LogP contribution in [0.5, 0.6) is 0 Å². The van der Waals surface area contributed by atoms with E-state index >= 15 is 0 Å². The number of rotatable bonds is 6. The SMILES string of the molecule is C\C=C/C=C(\C=C\F)N(N)/C(=N\N)c1cc(-c2ccc(S(N)=O)s2)cnc1N. The number of nitrogens with two attached hydrogens (primary N) is 4. The lowest BCUT2D eigenvalue weighted by atomic mass is 10.1. The number of hydrogen-bond donors (Lipinski definition) is 4. The third kappa shape index (κ3) is 4.89. The first-order chi connectivity index (χ1) is 13.4. The van der Waals surface area contributed by atoms with Gasteiger partial charge in [-0.2, -0.15) is 5.10 Å². The molecule has 0 aliphatic carbocycles. The van der Waals surface area contributed by atoms with Gasteiger partial charge in [0.1, 0.15) is 21.0 Å². The Labute approximate surface area is 168 Å². The number of aromatic nitrogens is 1. The van der Waals surface area contributed by atoms with Gasteiger partial charge in [-0.15, -0.1) is 11.3 Å². The van der Waals surface area contributed by atoms with Crippen LogP contribution >= 0.6 is 11.3 Å². The van der Waals surface area contributed by atoms with Gasteiger partial charge < -0.3 is 11.6 Å². The molecule has 0 fully saturated rings. The van der Waals surface area contributed by atoms with E-state index in [0.717, 1.165) is 16.0 Å². The molecular formula is C17H20FN7OS2. The highest BCUT2D eigenvalue weighted by Gasteiger charge is 2.18. The van der Waals surface area contributed by atoms with Gasteiger partial charge in [0.25, 0.3) is 0 Å². The van der Waals surface area contributed by atoms with Crippen molar-refractivity contribution >= 4 is 34.0 Å². The third-order valence-electron chi connectivity index (χ3n) is 3.55. The van der Waals surface area contributed by atoms with Gasteiger partial charge in [0.15, 0.2) is 5.84 Å². The van der Waals surface area contributed by atoms with E-state index in [9.17, 15) is 8.60 Å². The van der Waals surface area contributed by atoms with E-state index in [1.54, 1.807) is 49.5 Å². The second-order valence-electron chi connectivity index (χ2n) is 5.31. The minimum Gasteiger partial charge on any atom is -0.383 e. The number of hydrazone groups is 1. The van der Waals surface area contributed by atoms with Crippen LogP contribution in [0, 0.1) is 0 Å². The van der Waals surface area contributed by atoms with Gasteiger partial charge in [-0.3, -0.25) is 5.01 Å². The number of pyridine rings is 1. The fraction of sp³-hybridized carbons (Fsp3) is 0.0588. The average Bonchev–Trinajstić information content (AvgIpc) is 3.17. The second kappa shape index (κ2) is 9.90. The maximum absolute atomic E-state index is 12.8. The first-order valence-corrected chi connectivity index (χ1v) is 9.90. The van der Waals surface area contributed by atoms with Crippen molar-refractivity contribution in [3.63, 3.8) is 0 Å². The molecule has 8 nitrogen and oxygen atoms in total. The fourth-order valence-electron chi connectivity index (χ4n) is 2.23. The van der Waals surface area contributed by atoms with Crippen LogP contribution in [-0.4, -0.2) is 20.0 Å². The zero-order valence-corrected chi connectivity index (χ0v) is 16.6. The van der Waals surface area contributed by atoms with Crippen molar-refractivity contribution in [2.75, 3.05) is 5.73 Å². The van der Waals surface area contributed by atoms with Crippen molar-refractivity contribution in [3.05, 3.63) is 66.3 Å². The molecule has 1 atom stereocenters. The molecule has 0 aromatic carbocycles. The summed E-state index contributed by atoms with van der Waals surface area (Å²) in [7, 11) is -1.58. The Morgan fingerprint density at radius 3 is 2.75 bits per heavy atom. The maximum atomic E-state index is 12.8. The number of nitrogens with zero attached hydrogens (tertiary/aromatic N) is 3. The summed E-state index contributed by atoms with van der Waals surface area (Å²) in [5.41, 5.74) is 7.31. The molecule has 2 aromatic heterocycles. The molecule has 0 saturated heterocycles. The number of halogens is 1. The Hall–Kier alpha value is -2.86. The molecule has 0 saturated carbocycles. The van der Waals surface area contributed by atoms with Crippen molar-refractivity contribution in [3.8, 4) is 10.4 Å². The predicted octanol–water partition coefficient (Wildman–Crippen LogP) is 2.11. The summed E-state index contributed by atoms with van der Waals surface area (Å²) in [5, 5.41) is 10.2. The van der Waals surface area contributed by atoms with Crippen LogP contribution in [0.4, 0.5) is 10.2 Å². The molecule has 2 aromatic rings. The van der Waals surface area contributed by atoms with E-state index in [-0.39, 0.29) is 17.4 Å². The van der Waals surface area contributed by atoms with Crippen LogP contribution in [0.25, 0.3) is 10.4 Å². The van der Waals surface area contributed by atoms with E-state index < -0.39 is 11.0 Å². The zero-order chi connectivity index (χ0) is 20.7. The van der Waals surface area contributed by atoms with Gasteiger partial charge >= 0.3 is 0 Å². The standard InChI is InChI=1S/C17H20FN7OS2/c1-2-3-4-12(7-8-18)25(21)17(24-20)13-9-11(10-23-16(13)19)14-5-6-15(27-14)28(22)26/h2-10H,20-22H2,1H3,(H2,19,23)/b3-2-,8-7+,12-4+,24-17-. The van der Waals surface area contributed by atoms with Crippen LogP contribution in [0.2, 0.25) is 0 Å². The quantitative estimate of drug-likeness (QED) is 0.184. The second-order valence-corrected chi connectivity index (χ2v) is 7.68. The molecule has 11 heteroatoms. The summed E-state index contributed by atoms with van der Waals surface area (Å²) in [6, 6.07) is 5.13. The summed E-state index contributed by atoms with van der Waals surface area (Å²) in [5.74, 6) is 11.9. The van der Waals surface area contributed by atoms with E-state index in [4.69, 9.17) is 22.6 Å². The zero-order valence-electron chi connectivity index (χ0n) is 14.9. The topological polar surface area (TPSA) is 150 Å². The highest BCUT2D eigenvalue weighted by atomic mass is 32.2. The van der Waals surface area contributed by atoms with E-state index in [2.05, 4.69) is 10.1 Å². The highest BCUT2D eigenvalue weighted by molar-refractivity contribution is 7.85. The smallest absolute Gasteiger partial charge is 0.177 e. The molecule has 0 aliphatic heterocycles. The maximum Gasteiger partial charge on any atom is 0.177 e. The van der Waals surface area contributed by atoms with Crippen molar-refractivity contribution in [1.29, 1.82) is 0 Å². The van der Waals surface area contributed by atoms with Crippen molar-refractivity contribution in [2.24, 2.45) is 21.9 Å². The number of hydrazine groups is 1. The first kappa shape index (κ1) is 21.4. The van der Waals surface area contributed by atoms with Crippen LogP contribution in [0.1, 0.15) is 12.5 Å². The molecule has 1 unspecified atom stereocenters. The Balaban J connectivity index is 2.50. The monoisotopic (exact) mass is 421 g/mol. The lowest BCUT2D eigenvalue weighted by Crippen LogP contribution is -2.38. The molecule has 2 heterocycles. The van der Waals surface area contributed by atoms with Gasteiger partial charge in [-0.05, 0) is 37.3 Å². The number of thiophene rings is 1. The lowest BCUT2D eigenvalue weighted by molar-refractivity contribution is 0.557. The average molecular weight is 422 g/mol. The minimum atomic E-state index is -1.58.